The van der Waals surface area contributed by atoms with E-state index in [2.05, 4.69) is 4.72 Å². The highest BCUT2D eigenvalue weighted by Gasteiger charge is 2.31. The summed E-state index contributed by atoms with van der Waals surface area (Å²) in [6.45, 7) is 6.05. The molecule has 1 saturated heterocycles. The van der Waals surface area contributed by atoms with Crippen molar-refractivity contribution < 1.29 is 27.5 Å². The van der Waals surface area contributed by atoms with Crippen molar-refractivity contribution in [1.29, 1.82) is 0 Å². The second-order valence-electron chi connectivity index (χ2n) is 7.26. The minimum Gasteiger partial charge on any atom is -0.449 e. The Morgan fingerprint density at radius 2 is 1.84 bits per heavy atom. The molecule has 1 aromatic carbocycles. The predicted octanol–water partition coefficient (Wildman–Crippen LogP) is 3.38. The molecule has 1 aliphatic heterocycles. The number of morpholine rings is 1. The molecule has 0 saturated carbocycles. The smallest absolute Gasteiger partial charge is 0.341 e. The van der Waals surface area contributed by atoms with Gasteiger partial charge in [0.15, 0.2) is 6.10 Å². The summed E-state index contributed by atoms with van der Waals surface area (Å²) in [4.78, 5) is 27.1. The fourth-order valence-corrected chi connectivity index (χ4v) is 5.84. The lowest BCUT2D eigenvalue weighted by molar-refractivity contribution is -0.151. The van der Waals surface area contributed by atoms with Crippen molar-refractivity contribution in [3.63, 3.8) is 0 Å². The first-order chi connectivity index (χ1) is 14.6. The number of benzene rings is 1. The number of para-hydroxylation sites is 1. The van der Waals surface area contributed by atoms with Gasteiger partial charge in [-0.2, -0.15) is 0 Å². The molecule has 0 spiro atoms. The Kier molecular flexibility index (Phi) is 7.25. The molecule has 3 atom stereocenters. The highest BCUT2D eigenvalue weighted by molar-refractivity contribution is 7.94. The number of anilines is 1. The Labute approximate surface area is 190 Å². The van der Waals surface area contributed by atoms with E-state index in [0.29, 0.717) is 17.4 Å². The number of thiophene rings is 1. The first kappa shape index (κ1) is 23.5. The largest absolute Gasteiger partial charge is 0.449 e. The topological polar surface area (TPSA) is 102 Å². The van der Waals surface area contributed by atoms with Crippen LogP contribution in [0.2, 0.25) is 4.34 Å². The number of sulfonamides is 1. The molecule has 0 radical (unpaired) electrons. The number of amides is 1. The van der Waals surface area contributed by atoms with E-state index in [1.165, 1.54) is 31.2 Å². The Morgan fingerprint density at radius 1 is 1.19 bits per heavy atom. The second kappa shape index (κ2) is 9.56. The Hall–Kier alpha value is -2.14. The Balaban J connectivity index is 1.73. The SMILES string of the molecule is C[C@@H]1CN(C(=O)[C@H](C)OC(=O)c2ccccc2NS(=O)(=O)c2ccc(Cl)s2)C[C@@H](C)O1. The van der Waals surface area contributed by atoms with Crippen LogP contribution in [0.1, 0.15) is 31.1 Å². The fraction of sp³-hybridized carbons (Fsp3) is 0.400. The zero-order chi connectivity index (χ0) is 22.8. The van der Waals surface area contributed by atoms with Gasteiger partial charge < -0.3 is 14.4 Å². The molecule has 0 bridgehead atoms. The summed E-state index contributed by atoms with van der Waals surface area (Å²) in [5.41, 5.74) is 0.0439. The van der Waals surface area contributed by atoms with Gasteiger partial charge in [-0.25, -0.2) is 13.2 Å². The number of esters is 1. The van der Waals surface area contributed by atoms with E-state index in [4.69, 9.17) is 21.1 Å². The number of hydrogen-bond acceptors (Lipinski definition) is 7. The van der Waals surface area contributed by atoms with Crippen LogP contribution in [-0.2, 0) is 24.3 Å². The van der Waals surface area contributed by atoms with Crippen LogP contribution in [0.3, 0.4) is 0 Å². The number of carbonyl (C=O) groups excluding carboxylic acids is 2. The summed E-state index contributed by atoms with van der Waals surface area (Å²) in [6, 6.07) is 8.89. The molecule has 1 amide bonds. The van der Waals surface area contributed by atoms with Crippen LogP contribution in [0.25, 0.3) is 0 Å². The third-order valence-corrected chi connectivity index (χ3v) is 7.66. The lowest BCUT2D eigenvalue weighted by atomic mass is 10.2. The maximum Gasteiger partial charge on any atom is 0.341 e. The van der Waals surface area contributed by atoms with Gasteiger partial charge in [-0.3, -0.25) is 9.52 Å². The van der Waals surface area contributed by atoms with Gasteiger partial charge in [-0.05, 0) is 45.0 Å². The average molecular weight is 487 g/mol. The summed E-state index contributed by atoms with van der Waals surface area (Å²) in [7, 11) is -3.94. The van der Waals surface area contributed by atoms with Gasteiger partial charge in [-0.1, -0.05) is 23.7 Å². The summed E-state index contributed by atoms with van der Waals surface area (Å²) < 4.78 is 38.9. The molecule has 31 heavy (non-hydrogen) atoms. The number of rotatable bonds is 6. The number of halogens is 1. The summed E-state index contributed by atoms with van der Waals surface area (Å²) in [5, 5.41) is 0. The van der Waals surface area contributed by atoms with Crippen molar-refractivity contribution in [1.82, 2.24) is 4.90 Å². The minimum atomic E-state index is -3.94. The fourth-order valence-electron chi connectivity index (χ4n) is 3.28. The summed E-state index contributed by atoms with van der Waals surface area (Å²) >= 11 is 6.73. The van der Waals surface area contributed by atoms with E-state index in [1.54, 1.807) is 17.0 Å². The maximum absolute atomic E-state index is 12.7. The second-order valence-corrected chi connectivity index (χ2v) is 10.9. The van der Waals surface area contributed by atoms with Crippen molar-refractivity contribution in [2.75, 3.05) is 17.8 Å². The van der Waals surface area contributed by atoms with Crippen LogP contribution in [0, 0.1) is 0 Å². The van der Waals surface area contributed by atoms with Crippen molar-refractivity contribution in [2.24, 2.45) is 0 Å². The number of nitrogens with zero attached hydrogens (tertiary/aromatic N) is 1. The molecule has 0 unspecified atom stereocenters. The first-order valence-corrected chi connectivity index (χ1v) is 12.3. The molecule has 2 aromatic rings. The normalized spacial score (nSPS) is 20.2. The predicted molar refractivity (Wildman–Crippen MR) is 118 cm³/mol. The third kappa shape index (κ3) is 5.76. The van der Waals surface area contributed by atoms with Crippen LogP contribution < -0.4 is 4.72 Å². The third-order valence-electron chi connectivity index (χ3n) is 4.57. The maximum atomic E-state index is 12.7. The van der Waals surface area contributed by atoms with E-state index in [0.717, 1.165) is 11.3 Å². The average Bonchev–Trinajstić information content (AvgIpc) is 3.14. The molecule has 8 nitrogen and oxygen atoms in total. The van der Waals surface area contributed by atoms with Crippen molar-refractivity contribution >= 4 is 50.5 Å². The number of hydrogen-bond donors (Lipinski definition) is 1. The molecule has 1 aliphatic rings. The molecule has 11 heteroatoms. The quantitative estimate of drug-likeness (QED) is 0.628. The lowest BCUT2D eigenvalue weighted by Gasteiger charge is -2.36. The molecular weight excluding hydrogens is 464 g/mol. The Bertz CT molecular complexity index is 1060. The van der Waals surface area contributed by atoms with Gasteiger partial charge in [0.1, 0.15) is 4.21 Å². The lowest BCUT2D eigenvalue weighted by Crippen LogP contribution is -2.51. The van der Waals surface area contributed by atoms with Crippen molar-refractivity contribution in [3.05, 3.63) is 46.3 Å². The first-order valence-electron chi connectivity index (χ1n) is 9.59. The number of carbonyl (C=O) groups is 2. The zero-order valence-corrected chi connectivity index (χ0v) is 19.6. The van der Waals surface area contributed by atoms with Crippen molar-refractivity contribution in [3.8, 4) is 0 Å². The van der Waals surface area contributed by atoms with E-state index in [9.17, 15) is 18.0 Å². The molecule has 0 aliphatic carbocycles. The standard InChI is InChI=1S/C20H23ClN2O6S2/c1-12-10-23(11-13(2)28-12)19(24)14(3)29-20(25)15-6-4-5-7-16(15)22-31(26,27)18-9-8-17(21)30-18/h4-9,12-14,22H,10-11H2,1-3H3/t12-,13-,14+/m1/s1. The van der Waals surface area contributed by atoms with E-state index in [-0.39, 0.29) is 33.6 Å². The summed E-state index contributed by atoms with van der Waals surface area (Å²) in [5.74, 6) is -1.14. The van der Waals surface area contributed by atoms with Crippen molar-refractivity contribution in [2.45, 2.75) is 43.3 Å². The Morgan fingerprint density at radius 3 is 2.45 bits per heavy atom. The molecule has 1 N–H and O–H groups in total. The molecule has 2 heterocycles. The van der Waals surface area contributed by atoms with E-state index < -0.39 is 22.1 Å². The number of nitrogens with one attached hydrogen (secondary N) is 1. The minimum absolute atomic E-state index is 0.00269. The van der Waals surface area contributed by atoms with E-state index in [1.807, 2.05) is 13.8 Å². The van der Waals surface area contributed by atoms with Crippen LogP contribution in [-0.4, -0.2) is 56.6 Å². The zero-order valence-electron chi connectivity index (χ0n) is 17.2. The van der Waals surface area contributed by atoms with Crippen LogP contribution in [0.4, 0.5) is 5.69 Å². The number of ether oxygens (including phenoxy) is 2. The molecule has 3 rings (SSSR count). The van der Waals surface area contributed by atoms with Crippen LogP contribution >= 0.6 is 22.9 Å². The monoisotopic (exact) mass is 486 g/mol. The molecule has 1 aromatic heterocycles. The van der Waals surface area contributed by atoms with Gasteiger partial charge in [0.25, 0.3) is 15.9 Å². The molecule has 1 fully saturated rings. The van der Waals surface area contributed by atoms with Gasteiger partial charge in [0.2, 0.25) is 0 Å². The molecule has 168 valence electrons. The van der Waals surface area contributed by atoms with Gasteiger partial charge in [0.05, 0.1) is 27.8 Å². The van der Waals surface area contributed by atoms with Gasteiger partial charge >= 0.3 is 5.97 Å². The van der Waals surface area contributed by atoms with E-state index >= 15 is 0 Å². The van der Waals surface area contributed by atoms with Gasteiger partial charge in [0, 0.05) is 13.1 Å². The van der Waals surface area contributed by atoms with Crippen LogP contribution in [0.15, 0.2) is 40.6 Å². The summed E-state index contributed by atoms with van der Waals surface area (Å²) in [6.07, 6.45) is -1.27. The highest BCUT2D eigenvalue weighted by atomic mass is 35.5. The highest BCUT2D eigenvalue weighted by Crippen LogP contribution is 2.28. The van der Waals surface area contributed by atoms with Gasteiger partial charge in [-0.15, -0.1) is 11.3 Å². The molecular formula is C20H23ClN2O6S2. The van der Waals surface area contributed by atoms with Crippen LogP contribution in [0.5, 0.6) is 0 Å².